The number of hydrogen-bond acceptors (Lipinski definition) is 0. The Morgan fingerprint density at radius 3 is 1.44 bits per heavy atom. The van der Waals surface area contributed by atoms with Crippen LogP contribution < -0.4 is 0 Å². The van der Waals surface area contributed by atoms with E-state index in [0.717, 1.165) is 0 Å². The monoisotopic (exact) mass is 342 g/mol. The maximum absolute atomic E-state index is 2.50. The first-order valence-corrected chi connectivity index (χ1v) is 9.47. The van der Waals surface area contributed by atoms with Crippen LogP contribution >= 0.6 is 0 Å². The van der Waals surface area contributed by atoms with Gasteiger partial charge in [-0.15, -0.1) is 0 Å². The summed E-state index contributed by atoms with van der Waals surface area (Å²) in [5, 5.41) is 0. The summed E-state index contributed by atoms with van der Waals surface area (Å²) in [4.78, 5) is 0. The highest BCUT2D eigenvalue weighted by Gasteiger charge is 2.47. The van der Waals surface area contributed by atoms with Crippen LogP contribution in [0.4, 0.5) is 0 Å². The second-order valence-corrected chi connectivity index (χ2v) is 7.37. The molecule has 0 saturated heterocycles. The van der Waals surface area contributed by atoms with Gasteiger partial charge in [0.1, 0.15) is 0 Å². The fraction of sp³-hybridized carbons (Fsp3) is 0.0370. The molecule has 0 N–H and O–H groups in total. The number of benzene rings is 4. The van der Waals surface area contributed by atoms with E-state index in [9.17, 15) is 0 Å². The predicted octanol–water partition coefficient (Wildman–Crippen LogP) is 6.45. The van der Waals surface area contributed by atoms with Crippen LogP contribution in [0.1, 0.15) is 27.8 Å². The minimum absolute atomic E-state index is 0.199. The third-order valence-corrected chi connectivity index (χ3v) is 6.08. The predicted molar refractivity (Wildman–Crippen MR) is 112 cm³/mol. The second kappa shape index (κ2) is 5.31. The first-order valence-electron chi connectivity index (χ1n) is 9.47. The highest BCUT2D eigenvalue weighted by molar-refractivity contribution is 5.95. The fourth-order valence-corrected chi connectivity index (χ4v) is 5.00. The van der Waals surface area contributed by atoms with Crippen LogP contribution in [0.2, 0.25) is 0 Å². The molecule has 2 aliphatic carbocycles. The van der Waals surface area contributed by atoms with Crippen LogP contribution in [0.15, 0.2) is 109 Å². The van der Waals surface area contributed by atoms with Crippen molar-refractivity contribution >= 4 is 5.57 Å². The smallest absolute Gasteiger partial charge is 0.0622 e. The van der Waals surface area contributed by atoms with E-state index in [2.05, 4.69) is 109 Å². The van der Waals surface area contributed by atoms with Crippen LogP contribution in [0.5, 0.6) is 0 Å². The quantitative estimate of drug-likeness (QED) is 0.373. The molecule has 0 amide bonds. The summed E-state index contributed by atoms with van der Waals surface area (Å²) < 4.78 is 0. The molecule has 126 valence electrons. The number of allylic oxidation sites excluding steroid dienone is 1. The Balaban J connectivity index is 1.76. The molecule has 0 atom stereocenters. The van der Waals surface area contributed by atoms with Crippen molar-refractivity contribution in [2.24, 2.45) is 0 Å². The normalized spacial score (nSPS) is 15.2. The number of fused-ring (bicyclic) bond motifs is 7. The van der Waals surface area contributed by atoms with Gasteiger partial charge in [-0.25, -0.2) is 0 Å². The van der Waals surface area contributed by atoms with E-state index in [0.29, 0.717) is 0 Å². The van der Waals surface area contributed by atoms with Crippen LogP contribution in [-0.4, -0.2) is 0 Å². The Bertz CT molecular complexity index is 1170. The molecule has 0 saturated carbocycles. The summed E-state index contributed by atoms with van der Waals surface area (Å²) in [5.41, 5.74) is 10.6. The molecule has 2 aliphatic rings. The van der Waals surface area contributed by atoms with E-state index >= 15 is 0 Å². The Morgan fingerprint density at radius 1 is 0.407 bits per heavy atom. The molecule has 0 heteroatoms. The average molecular weight is 342 g/mol. The largest absolute Gasteiger partial charge is 0.0659 e. The van der Waals surface area contributed by atoms with Crippen molar-refractivity contribution in [3.05, 3.63) is 137 Å². The molecule has 0 heterocycles. The molecule has 6 rings (SSSR count). The van der Waals surface area contributed by atoms with Crippen molar-refractivity contribution in [3.63, 3.8) is 0 Å². The maximum atomic E-state index is 2.50. The van der Waals surface area contributed by atoms with Crippen molar-refractivity contribution in [2.45, 2.75) is 5.41 Å². The lowest BCUT2D eigenvalue weighted by atomic mass is 9.74. The van der Waals surface area contributed by atoms with E-state index in [4.69, 9.17) is 0 Å². The highest BCUT2D eigenvalue weighted by atomic mass is 14.5. The van der Waals surface area contributed by atoms with Gasteiger partial charge in [0.05, 0.1) is 5.41 Å². The zero-order valence-corrected chi connectivity index (χ0v) is 14.9. The molecular formula is C27H18. The van der Waals surface area contributed by atoms with Crippen molar-refractivity contribution in [1.82, 2.24) is 0 Å². The molecule has 0 aliphatic heterocycles. The minimum atomic E-state index is -0.199. The summed E-state index contributed by atoms with van der Waals surface area (Å²) in [6, 6.07) is 37.4. The van der Waals surface area contributed by atoms with Gasteiger partial charge in [0, 0.05) is 0 Å². The molecule has 0 unspecified atom stereocenters. The van der Waals surface area contributed by atoms with Crippen molar-refractivity contribution in [3.8, 4) is 11.1 Å². The standard InChI is InChI=1S/C27H18/c1-2-10-19(11-3-1)23-18-27(26-17-9-6-14-22(23)26)24-15-7-4-12-20(24)21-13-5-8-16-25(21)27/h1-18H. The van der Waals surface area contributed by atoms with Gasteiger partial charge in [-0.2, -0.15) is 0 Å². The Morgan fingerprint density at radius 2 is 0.852 bits per heavy atom. The van der Waals surface area contributed by atoms with E-state index in [1.165, 1.54) is 44.5 Å². The summed E-state index contributed by atoms with van der Waals surface area (Å²) >= 11 is 0. The first-order chi connectivity index (χ1) is 13.4. The zero-order chi connectivity index (χ0) is 17.8. The zero-order valence-electron chi connectivity index (χ0n) is 14.9. The average Bonchev–Trinajstić information content (AvgIpc) is 3.24. The van der Waals surface area contributed by atoms with Gasteiger partial charge in [0.15, 0.2) is 0 Å². The Hall–Kier alpha value is -3.38. The Labute approximate surface area is 159 Å². The highest BCUT2D eigenvalue weighted by Crippen LogP contribution is 2.58. The molecule has 0 aromatic heterocycles. The topological polar surface area (TPSA) is 0 Å². The molecular weight excluding hydrogens is 324 g/mol. The molecule has 4 aromatic rings. The third-order valence-electron chi connectivity index (χ3n) is 6.08. The van der Waals surface area contributed by atoms with Crippen molar-refractivity contribution in [1.29, 1.82) is 0 Å². The molecule has 1 spiro atoms. The van der Waals surface area contributed by atoms with E-state index in [1.54, 1.807) is 0 Å². The molecule has 27 heavy (non-hydrogen) atoms. The molecule has 4 aromatic carbocycles. The molecule has 0 fully saturated rings. The van der Waals surface area contributed by atoms with E-state index in [1.807, 2.05) is 0 Å². The minimum Gasteiger partial charge on any atom is -0.0622 e. The molecule has 0 nitrogen and oxygen atoms in total. The van der Waals surface area contributed by atoms with Crippen molar-refractivity contribution < 1.29 is 0 Å². The van der Waals surface area contributed by atoms with Gasteiger partial charge in [0.2, 0.25) is 0 Å². The summed E-state index contributed by atoms with van der Waals surface area (Å²) in [7, 11) is 0. The summed E-state index contributed by atoms with van der Waals surface area (Å²) in [6.07, 6.45) is 2.50. The SMILES string of the molecule is C1=C(c2ccccc2)c2ccccc2C12c1ccccc1-c1ccccc12. The van der Waals surface area contributed by atoms with Gasteiger partial charge in [-0.1, -0.05) is 109 Å². The second-order valence-electron chi connectivity index (χ2n) is 7.37. The molecule has 0 radical (unpaired) electrons. The maximum Gasteiger partial charge on any atom is 0.0659 e. The Kier molecular flexibility index (Phi) is 2.90. The first kappa shape index (κ1) is 14.8. The van der Waals surface area contributed by atoms with Crippen LogP contribution in [0, 0.1) is 0 Å². The van der Waals surface area contributed by atoms with Gasteiger partial charge in [0.25, 0.3) is 0 Å². The van der Waals surface area contributed by atoms with Crippen LogP contribution in [-0.2, 0) is 5.41 Å². The van der Waals surface area contributed by atoms with E-state index < -0.39 is 0 Å². The summed E-state index contributed by atoms with van der Waals surface area (Å²) in [5.74, 6) is 0. The third kappa shape index (κ3) is 1.82. The van der Waals surface area contributed by atoms with Gasteiger partial charge >= 0.3 is 0 Å². The number of rotatable bonds is 1. The molecule has 0 bridgehead atoms. The lowest BCUT2D eigenvalue weighted by Crippen LogP contribution is -2.22. The summed E-state index contributed by atoms with van der Waals surface area (Å²) in [6.45, 7) is 0. The van der Waals surface area contributed by atoms with Gasteiger partial charge in [-0.3, -0.25) is 0 Å². The lowest BCUT2D eigenvalue weighted by Gasteiger charge is -2.27. The fourth-order valence-electron chi connectivity index (χ4n) is 5.00. The van der Waals surface area contributed by atoms with Gasteiger partial charge in [-0.05, 0) is 44.5 Å². The van der Waals surface area contributed by atoms with Crippen LogP contribution in [0.3, 0.4) is 0 Å². The number of hydrogen-bond donors (Lipinski definition) is 0. The van der Waals surface area contributed by atoms with Crippen molar-refractivity contribution in [2.75, 3.05) is 0 Å². The van der Waals surface area contributed by atoms with Crippen LogP contribution in [0.25, 0.3) is 16.7 Å². The van der Waals surface area contributed by atoms with Gasteiger partial charge < -0.3 is 0 Å². The lowest BCUT2D eigenvalue weighted by molar-refractivity contribution is 0.821. The van der Waals surface area contributed by atoms with E-state index in [-0.39, 0.29) is 5.41 Å².